The molecule has 0 saturated heterocycles. The van der Waals surface area contributed by atoms with Crippen molar-refractivity contribution in [1.82, 2.24) is 15.0 Å². The summed E-state index contributed by atoms with van der Waals surface area (Å²) in [6.45, 7) is 0. The number of hydrogen-bond donors (Lipinski definition) is 2. The van der Waals surface area contributed by atoms with E-state index in [1.165, 1.54) is 11.3 Å². The van der Waals surface area contributed by atoms with Crippen molar-refractivity contribution in [2.75, 3.05) is 10.0 Å². The van der Waals surface area contributed by atoms with Gasteiger partial charge in [0.2, 0.25) is 0 Å². The van der Waals surface area contributed by atoms with Crippen LogP contribution >= 0.6 is 45.3 Å². The molecule has 5 aromatic rings. The topological polar surface area (TPSA) is 96.9 Å². The van der Waals surface area contributed by atoms with Gasteiger partial charge < -0.3 is 5.32 Å². The van der Waals surface area contributed by atoms with Crippen molar-refractivity contribution in [2.45, 2.75) is 4.90 Å². The molecule has 0 aliphatic heterocycles. The molecule has 0 amide bonds. The van der Waals surface area contributed by atoms with E-state index in [4.69, 9.17) is 9.97 Å². The fourth-order valence-electron chi connectivity index (χ4n) is 3.01. The summed E-state index contributed by atoms with van der Waals surface area (Å²) in [5.74, 6) is 1.30. The van der Waals surface area contributed by atoms with Gasteiger partial charge in [0.25, 0.3) is 10.0 Å². The summed E-state index contributed by atoms with van der Waals surface area (Å²) in [6, 6.07) is 16.5. The molecule has 0 bridgehead atoms. The van der Waals surface area contributed by atoms with Crippen molar-refractivity contribution in [3.05, 3.63) is 75.1 Å². The van der Waals surface area contributed by atoms with Crippen molar-refractivity contribution in [3.63, 3.8) is 0 Å². The Balaban J connectivity index is 1.48. The second-order valence-corrected chi connectivity index (χ2v) is 11.4. The fourth-order valence-corrected chi connectivity index (χ4v) is 5.95. The Kier molecular flexibility index (Phi) is 5.80. The van der Waals surface area contributed by atoms with Gasteiger partial charge in [-0.25, -0.2) is 23.4 Å². The lowest BCUT2D eigenvalue weighted by molar-refractivity contribution is 0.601. The molecule has 0 spiro atoms. The van der Waals surface area contributed by atoms with Gasteiger partial charge in [-0.2, -0.15) is 0 Å². The minimum atomic E-state index is -3.70. The number of fused-ring (bicyclic) bond motifs is 1. The van der Waals surface area contributed by atoms with E-state index in [1.807, 2.05) is 35.7 Å². The maximum absolute atomic E-state index is 12.6. The molecule has 160 valence electrons. The Labute approximate surface area is 205 Å². The summed E-state index contributed by atoms with van der Waals surface area (Å²) in [5.41, 5.74) is 1.55. The zero-order valence-corrected chi connectivity index (χ0v) is 20.8. The number of halogens is 1. The average Bonchev–Trinajstić information content (AvgIpc) is 3.48. The van der Waals surface area contributed by atoms with Crippen LogP contribution in [0.15, 0.2) is 76.4 Å². The summed E-state index contributed by atoms with van der Waals surface area (Å²) in [7, 11) is -3.70. The number of hydrogen-bond acceptors (Lipinski definition) is 8. The van der Waals surface area contributed by atoms with Crippen molar-refractivity contribution in [3.8, 4) is 10.7 Å². The molecule has 0 radical (unpaired) electrons. The number of thiophene rings is 1. The maximum Gasteiger partial charge on any atom is 0.263 e. The Morgan fingerprint density at radius 1 is 0.938 bits per heavy atom. The van der Waals surface area contributed by atoms with Crippen LogP contribution in [-0.4, -0.2) is 23.4 Å². The zero-order chi connectivity index (χ0) is 22.1. The lowest BCUT2D eigenvalue weighted by atomic mass is 10.2. The monoisotopic (exact) mass is 591 g/mol. The molecule has 32 heavy (non-hydrogen) atoms. The second-order valence-electron chi connectivity index (χ2n) is 6.63. The Bertz CT molecular complexity index is 1490. The van der Waals surface area contributed by atoms with Crippen LogP contribution < -0.4 is 10.0 Å². The first kappa shape index (κ1) is 21.2. The number of nitrogens with one attached hydrogen (secondary N) is 2. The molecule has 2 N–H and O–H groups in total. The van der Waals surface area contributed by atoms with Gasteiger partial charge >= 0.3 is 0 Å². The van der Waals surface area contributed by atoms with Crippen molar-refractivity contribution < 1.29 is 8.42 Å². The van der Waals surface area contributed by atoms with Gasteiger partial charge in [-0.05, 0) is 76.5 Å². The first-order valence-corrected chi connectivity index (χ1v) is 13.6. The lowest BCUT2D eigenvalue weighted by Gasteiger charge is -2.12. The van der Waals surface area contributed by atoms with E-state index >= 15 is 0 Å². The zero-order valence-electron chi connectivity index (χ0n) is 16.2. The molecule has 0 fully saturated rings. The highest BCUT2D eigenvalue weighted by Crippen LogP contribution is 2.30. The molecule has 0 atom stereocenters. The second kappa shape index (κ2) is 8.73. The van der Waals surface area contributed by atoms with E-state index in [9.17, 15) is 8.42 Å². The molecule has 0 saturated carbocycles. The summed E-state index contributed by atoms with van der Waals surface area (Å²) in [5, 5.41) is 8.24. The quantitative estimate of drug-likeness (QED) is 0.237. The van der Waals surface area contributed by atoms with Crippen LogP contribution in [-0.2, 0) is 10.0 Å². The number of rotatable bonds is 6. The van der Waals surface area contributed by atoms with Gasteiger partial charge in [0.15, 0.2) is 11.0 Å². The molecular weight excluding hydrogens is 577 g/mol. The SMILES string of the molecule is O=S(=O)(Nc1nccs1)c1ccc(Nc2nc(-c3cccs3)nc3ccc(I)cc23)cc1. The molecule has 2 aromatic carbocycles. The number of sulfonamides is 1. The van der Waals surface area contributed by atoms with Gasteiger partial charge in [-0.3, -0.25) is 4.72 Å². The molecule has 11 heteroatoms. The first-order valence-electron chi connectivity index (χ1n) is 9.28. The van der Waals surface area contributed by atoms with Crippen LogP contribution in [0, 0.1) is 3.57 Å². The van der Waals surface area contributed by atoms with E-state index in [-0.39, 0.29) is 4.90 Å². The van der Waals surface area contributed by atoms with Crippen LogP contribution in [0.1, 0.15) is 0 Å². The normalized spacial score (nSPS) is 11.5. The van der Waals surface area contributed by atoms with Crippen molar-refractivity contribution in [1.29, 1.82) is 0 Å². The third kappa shape index (κ3) is 4.46. The molecular formula is C21H14IN5O2S3. The van der Waals surface area contributed by atoms with Crippen LogP contribution in [0.25, 0.3) is 21.6 Å². The van der Waals surface area contributed by atoms with Gasteiger partial charge in [0, 0.05) is 26.2 Å². The molecule has 0 unspecified atom stereocenters. The Morgan fingerprint density at radius 3 is 2.50 bits per heavy atom. The predicted octanol–water partition coefficient (Wildman–Crippen LogP) is 5.96. The third-order valence-electron chi connectivity index (χ3n) is 4.48. The smallest absolute Gasteiger partial charge is 0.263 e. The highest BCUT2D eigenvalue weighted by atomic mass is 127. The summed E-state index contributed by atoms with van der Waals surface area (Å²) >= 11 is 5.06. The highest BCUT2D eigenvalue weighted by Gasteiger charge is 2.16. The molecule has 3 aromatic heterocycles. The number of thiazole rings is 1. The van der Waals surface area contributed by atoms with Crippen molar-refractivity contribution >= 4 is 82.8 Å². The molecule has 0 aliphatic rings. The largest absolute Gasteiger partial charge is 0.340 e. The maximum atomic E-state index is 12.6. The lowest BCUT2D eigenvalue weighted by Crippen LogP contribution is -2.12. The standard InChI is InChI=1S/C21H14IN5O2S3/c22-13-3-8-17-16(12-13)19(26-20(25-17)18-2-1-10-30-18)24-14-4-6-15(7-5-14)32(28,29)27-21-23-9-11-31-21/h1-12H,(H,23,27)(H,24,25,26). The van der Waals surface area contributed by atoms with E-state index in [0.29, 0.717) is 22.5 Å². The third-order valence-corrected chi connectivity index (χ3v) is 8.19. The molecule has 0 aliphatic carbocycles. The van der Waals surface area contributed by atoms with E-state index in [1.54, 1.807) is 47.2 Å². The number of nitrogens with zero attached hydrogens (tertiary/aromatic N) is 3. The summed E-state index contributed by atoms with van der Waals surface area (Å²) in [6.07, 6.45) is 1.55. The Morgan fingerprint density at radius 2 is 1.78 bits per heavy atom. The van der Waals surface area contributed by atoms with Gasteiger partial charge in [-0.15, -0.1) is 22.7 Å². The predicted molar refractivity (Wildman–Crippen MR) is 138 cm³/mol. The van der Waals surface area contributed by atoms with E-state index in [0.717, 1.165) is 19.4 Å². The Hall–Kier alpha value is -2.61. The van der Waals surface area contributed by atoms with E-state index in [2.05, 4.69) is 37.6 Å². The molecule has 3 heterocycles. The van der Waals surface area contributed by atoms with Crippen molar-refractivity contribution in [2.24, 2.45) is 0 Å². The van der Waals surface area contributed by atoms with E-state index < -0.39 is 10.0 Å². The summed E-state index contributed by atoms with van der Waals surface area (Å²) in [4.78, 5) is 14.5. The number of anilines is 3. The highest BCUT2D eigenvalue weighted by molar-refractivity contribution is 14.1. The van der Waals surface area contributed by atoms with Crippen LogP contribution in [0.2, 0.25) is 0 Å². The average molecular weight is 591 g/mol. The van der Waals surface area contributed by atoms with Gasteiger partial charge in [-0.1, -0.05) is 6.07 Å². The van der Waals surface area contributed by atoms with Gasteiger partial charge in [0.05, 0.1) is 15.3 Å². The minimum absolute atomic E-state index is 0.152. The minimum Gasteiger partial charge on any atom is -0.340 e. The fraction of sp³-hybridized carbons (Fsp3) is 0. The van der Waals surface area contributed by atoms with Crippen LogP contribution in [0.3, 0.4) is 0 Å². The van der Waals surface area contributed by atoms with Crippen LogP contribution in [0.5, 0.6) is 0 Å². The molecule has 7 nitrogen and oxygen atoms in total. The first-order chi connectivity index (χ1) is 15.5. The van der Waals surface area contributed by atoms with Crippen LogP contribution in [0.4, 0.5) is 16.6 Å². The molecule has 5 rings (SSSR count). The van der Waals surface area contributed by atoms with Gasteiger partial charge in [0.1, 0.15) is 5.82 Å². The number of benzene rings is 2. The summed E-state index contributed by atoms with van der Waals surface area (Å²) < 4.78 is 28.7. The number of aromatic nitrogens is 3.